The van der Waals surface area contributed by atoms with Crippen LogP contribution in [0.25, 0.3) is 0 Å². The number of unbranched alkanes of at least 4 members (excludes halogenated alkanes) is 1. The molecule has 0 saturated carbocycles. The van der Waals surface area contributed by atoms with Crippen molar-refractivity contribution in [1.29, 1.82) is 0 Å². The topological polar surface area (TPSA) is 97.4 Å². The number of hydrogen-bond donors (Lipinski definition) is 2. The van der Waals surface area contributed by atoms with E-state index in [1.807, 2.05) is 30.3 Å². The van der Waals surface area contributed by atoms with Gasteiger partial charge in [0, 0.05) is 6.54 Å². The molecule has 7 nitrogen and oxygen atoms in total. The van der Waals surface area contributed by atoms with Crippen LogP contribution in [0.4, 0.5) is 0 Å². The maximum absolute atomic E-state index is 10.7. The van der Waals surface area contributed by atoms with Crippen molar-refractivity contribution in [3.63, 3.8) is 0 Å². The highest BCUT2D eigenvalue weighted by atomic mass is 16.7. The van der Waals surface area contributed by atoms with Gasteiger partial charge in [0.05, 0.1) is 19.4 Å². The van der Waals surface area contributed by atoms with Crippen LogP contribution in [0.1, 0.15) is 24.8 Å². The number of benzene rings is 1. The second kappa shape index (κ2) is 11.6. The number of carbonyl (C=O) groups is 1. The first-order valence-corrected chi connectivity index (χ1v) is 7.58. The van der Waals surface area contributed by atoms with Crippen molar-refractivity contribution >= 4 is 12.2 Å². The fourth-order valence-corrected chi connectivity index (χ4v) is 1.92. The van der Waals surface area contributed by atoms with Gasteiger partial charge in [-0.05, 0) is 24.8 Å². The Kier molecular flexibility index (Phi) is 9.62. The Morgan fingerprint density at radius 3 is 2.78 bits per heavy atom. The van der Waals surface area contributed by atoms with Gasteiger partial charge in [-0.1, -0.05) is 35.5 Å². The van der Waals surface area contributed by atoms with Crippen LogP contribution >= 0.6 is 0 Å². The quantitative estimate of drug-likeness (QED) is 0.345. The molecule has 0 aliphatic heterocycles. The van der Waals surface area contributed by atoms with E-state index >= 15 is 0 Å². The highest BCUT2D eigenvalue weighted by Crippen LogP contribution is 2.06. The molecule has 23 heavy (non-hydrogen) atoms. The zero-order valence-corrected chi connectivity index (χ0v) is 13.4. The Bertz CT molecular complexity index is 468. The number of hydrogen-bond acceptors (Lipinski definition) is 6. The number of aliphatic carboxylic acids is 1. The Balaban J connectivity index is 2.36. The van der Waals surface area contributed by atoms with Crippen molar-refractivity contribution in [1.82, 2.24) is 5.06 Å². The molecule has 7 heteroatoms. The molecule has 0 saturated heterocycles. The summed E-state index contributed by atoms with van der Waals surface area (Å²) < 4.78 is 0. The minimum absolute atomic E-state index is 0.452. The molecule has 0 spiro atoms. The summed E-state index contributed by atoms with van der Waals surface area (Å²) >= 11 is 0. The van der Waals surface area contributed by atoms with E-state index in [9.17, 15) is 4.79 Å². The molecule has 1 atom stereocenters. The van der Waals surface area contributed by atoms with Crippen molar-refractivity contribution in [2.75, 3.05) is 20.2 Å². The van der Waals surface area contributed by atoms with Gasteiger partial charge in [-0.15, -0.1) is 0 Å². The maximum atomic E-state index is 10.7. The number of nitrogens with zero attached hydrogens (tertiary/aromatic N) is 2. The van der Waals surface area contributed by atoms with Gasteiger partial charge in [-0.2, -0.15) is 5.06 Å². The molecule has 3 N–H and O–H groups in total. The zero-order valence-electron chi connectivity index (χ0n) is 13.4. The van der Waals surface area contributed by atoms with Crippen LogP contribution < -0.4 is 5.73 Å². The first kappa shape index (κ1) is 19.1. The fraction of sp³-hybridized carbons (Fsp3) is 0.500. The highest BCUT2D eigenvalue weighted by molar-refractivity contribution is 5.72. The lowest BCUT2D eigenvalue weighted by Gasteiger charge is -2.20. The summed E-state index contributed by atoms with van der Waals surface area (Å²) in [6.07, 6.45) is 3.58. The monoisotopic (exact) mass is 323 g/mol. The fourth-order valence-electron chi connectivity index (χ4n) is 1.92. The minimum Gasteiger partial charge on any atom is -0.480 e. The van der Waals surface area contributed by atoms with Gasteiger partial charge < -0.3 is 15.7 Å². The third-order valence-corrected chi connectivity index (χ3v) is 3.21. The Labute approximate surface area is 136 Å². The lowest BCUT2D eigenvalue weighted by Crippen LogP contribution is -2.31. The van der Waals surface area contributed by atoms with E-state index in [0.717, 1.165) is 18.4 Å². The number of carboxylic acid groups (broad SMARTS) is 1. The first-order valence-electron chi connectivity index (χ1n) is 7.58. The van der Waals surface area contributed by atoms with Crippen molar-refractivity contribution in [3.8, 4) is 0 Å². The van der Waals surface area contributed by atoms with Gasteiger partial charge in [0.2, 0.25) is 0 Å². The standard InChI is InChI=1S/C16H25N3O4/c1-22-18-10-12-19(11-6-5-9-15(17)16(20)21)23-13-14-7-3-2-4-8-14/h2-4,7-8,10,15H,5-6,9,11-13,17H2,1H3,(H,20,21)/t15-/m0/s1. The summed E-state index contributed by atoms with van der Waals surface area (Å²) in [6, 6.07) is 9.06. The molecular formula is C16H25N3O4. The lowest BCUT2D eigenvalue weighted by molar-refractivity contribution is -0.159. The third-order valence-electron chi connectivity index (χ3n) is 3.21. The summed E-state index contributed by atoms with van der Waals surface area (Å²) in [5, 5.41) is 14.2. The summed E-state index contributed by atoms with van der Waals surface area (Å²) in [5.74, 6) is -0.964. The molecule has 0 amide bonds. The second-order valence-corrected chi connectivity index (χ2v) is 5.06. The van der Waals surface area contributed by atoms with Crippen LogP contribution in [0.2, 0.25) is 0 Å². The number of oxime groups is 1. The van der Waals surface area contributed by atoms with Crippen molar-refractivity contribution in [2.45, 2.75) is 31.9 Å². The van der Waals surface area contributed by atoms with E-state index in [1.165, 1.54) is 7.11 Å². The molecule has 0 radical (unpaired) electrons. The molecule has 128 valence electrons. The zero-order chi connectivity index (χ0) is 16.9. The Morgan fingerprint density at radius 1 is 1.39 bits per heavy atom. The van der Waals surface area contributed by atoms with Gasteiger partial charge in [0.15, 0.2) is 0 Å². The first-order chi connectivity index (χ1) is 11.1. The molecule has 0 heterocycles. The normalized spacial score (nSPS) is 12.7. The van der Waals surface area contributed by atoms with Gasteiger partial charge in [0.25, 0.3) is 0 Å². The van der Waals surface area contributed by atoms with E-state index in [4.69, 9.17) is 15.7 Å². The molecule has 0 unspecified atom stereocenters. The molecule has 0 fully saturated rings. The van der Waals surface area contributed by atoms with E-state index in [2.05, 4.69) is 9.99 Å². The molecular weight excluding hydrogens is 298 g/mol. The largest absolute Gasteiger partial charge is 0.480 e. The average Bonchev–Trinajstić information content (AvgIpc) is 2.56. The van der Waals surface area contributed by atoms with Crippen LogP contribution in [0, 0.1) is 0 Å². The van der Waals surface area contributed by atoms with Gasteiger partial charge in [0.1, 0.15) is 13.2 Å². The van der Waals surface area contributed by atoms with E-state index in [0.29, 0.717) is 26.1 Å². The van der Waals surface area contributed by atoms with Crippen LogP contribution in [0.3, 0.4) is 0 Å². The number of hydroxylamine groups is 2. The molecule has 0 aliphatic carbocycles. The maximum Gasteiger partial charge on any atom is 0.320 e. The second-order valence-electron chi connectivity index (χ2n) is 5.06. The summed E-state index contributed by atoms with van der Waals surface area (Å²) in [6.45, 7) is 1.62. The van der Waals surface area contributed by atoms with Gasteiger partial charge >= 0.3 is 5.97 Å². The molecule has 0 aromatic heterocycles. The molecule has 0 aliphatic rings. The average molecular weight is 323 g/mol. The Morgan fingerprint density at radius 2 is 2.13 bits per heavy atom. The minimum atomic E-state index is -0.964. The Hall–Kier alpha value is -1.96. The van der Waals surface area contributed by atoms with Crippen LogP contribution in [-0.4, -0.2) is 48.6 Å². The molecule has 1 rings (SSSR count). The van der Waals surface area contributed by atoms with Gasteiger partial charge in [-0.3, -0.25) is 9.63 Å². The number of nitrogens with two attached hydrogens (primary N) is 1. The molecule has 0 bridgehead atoms. The molecule has 1 aromatic rings. The number of carboxylic acids is 1. The SMILES string of the molecule is CON=CCN(CCCC[C@H](N)C(=O)O)OCc1ccccc1. The third kappa shape index (κ3) is 8.92. The van der Waals surface area contributed by atoms with Crippen LogP contribution in [0.15, 0.2) is 35.5 Å². The summed E-state index contributed by atoms with van der Waals surface area (Å²) in [4.78, 5) is 21.1. The van der Waals surface area contributed by atoms with E-state index in [-0.39, 0.29) is 0 Å². The highest BCUT2D eigenvalue weighted by Gasteiger charge is 2.11. The van der Waals surface area contributed by atoms with Crippen LogP contribution in [-0.2, 0) is 21.1 Å². The van der Waals surface area contributed by atoms with Crippen molar-refractivity contribution in [3.05, 3.63) is 35.9 Å². The molecule has 1 aromatic carbocycles. The van der Waals surface area contributed by atoms with Gasteiger partial charge in [-0.25, -0.2) is 0 Å². The predicted molar refractivity (Wildman–Crippen MR) is 87.8 cm³/mol. The van der Waals surface area contributed by atoms with E-state index in [1.54, 1.807) is 11.3 Å². The predicted octanol–water partition coefficient (Wildman–Crippen LogP) is 1.63. The lowest BCUT2D eigenvalue weighted by atomic mass is 10.1. The van der Waals surface area contributed by atoms with E-state index < -0.39 is 12.0 Å². The number of rotatable bonds is 12. The van der Waals surface area contributed by atoms with Crippen molar-refractivity contribution in [2.24, 2.45) is 10.9 Å². The van der Waals surface area contributed by atoms with Crippen LogP contribution in [0.5, 0.6) is 0 Å². The summed E-state index contributed by atoms with van der Waals surface area (Å²) in [7, 11) is 1.49. The smallest absolute Gasteiger partial charge is 0.320 e. The van der Waals surface area contributed by atoms with Crippen molar-refractivity contribution < 1.29 is 19.6 Å². The summed E-state index contributed by atoms with van der Waals surface area (Å²) in [5.41, 5.74) is 6.56.